The summed E-state index contributed by atoms with van der Waals surface area (Å²) in [6, 6.07) is 5.22. The molecule has 100 valence electrons. The van der Waals surface area contributed by atoms with Crippen molar-refractivity contribution >= 4 is 23.3 Å². The molecule has 2 aliphatic heterocycles. The molecule has 0 spiro atoms. The van der Waals surface area contributed by atoms with E-state index in [9.17, 15) is 4.79 Å². The number of carbonyl (C=O) groups excluding carboxylic acids is 1. The fraction of sp³-hybridized carbons (Fsp3) is 0.167. The van der Waals surface area contributed by atoms with E-state index in [1.807, 2.05) is 0 Å². The predicted octanol–water partition coefficient (Wildman–Crippen LogP) is 1.21. The zero-order chi connectivity index (χ0) is 14.1. The molecule has 1 aromatic rings. The van der Waals surface area contributed by atoms with Gasteiger partial charge in [-0.15, -0.1) is 10.2 Å². The summed E-state index contributed by atoms with van der Waals surface area (Å²) in [5, 5.41) is 10.7. The van der Waals surface area contributed by atoms with Gasteiger partial charge in [-0.05, 0) is 17.4 Å². The molecule has 0 aromatic heterocycles. The van der Waals surface area contributed by atoms with Crippen molar-refractivity contribution in [2.24, 2.45) is 25.4 Å². The van der Waals surface area contributed by atoms with Crippen LogP contribution in [-0.2, 0) is 4.79 Å². The summed E-state index contributed by atoms with van der Waals surface area (Å²) in [6.45, 7) is 0. The first-order valence-corrected chi connectivity index (χ1v) is 5.66. The zero-order valence-electron chi connectivity index (χ0n) is 10.7. The van der Waals surface area contributed by atoms with E-state index < -0.39 is 5.91 Å². The van der Waals surface area contributed by atoms with E-state index >= 15 is 0 Å². The molecule has 0 atom stereocenters. The van der Waals surface area contributed by atoms with E-state index in [0.717, 1.165) is 0 Å². The van der Waals surface area contributed by atoms with Gasteiger partial charge in [0, 0.05) is 0 Å². The van der Waals surface area contributed by atoms with Crippen LogP contribution in [0.25, 0.3) is 0 Å². The third kappa shape index (κ3) is 1.78. The first-order valence-electron chi connectivity index (χ1n) is 5.66. The third-order valence-corrected chi connectivity index (χ3v) is 2.77. The quantitative estimate of drug-likeness (QED) is 0.826. The lowest BCUT2D eigenvalue weighted by atomic mass is 10.1. The number of hydrogen-bond donors (Lipinski definition) is 0. The van der Waals surface area contributed by atoms with E-state index in [1.54, 1.807) is 18.2 Å². The molecule has 0 fully saturated rings. The van der Waals surface area contributed by atoms with Crippen LogP contribution >= 0.6 is 0 Å². The molecule has 0 radical (unpaired) electrons. The summed E-state index contributed by atoms with van der Waals surface area (Å²) in [5.41, 5.74) is 0.530. The molecule has 2 aliphatic rings. The number of hydrogen-bond acceptors (Lipinski definition) is 7. The Morgan fingerprint density at radius 2 is 1.70 bits per heavy atom. The van der Waals surface area contributed by atoms with Gasteiger partial charge in [0.15, 0.2) is 5.84 Å². The lowest BCUT2D eigenvalue weighted by Crippen LogP contribution is -2.26. The van der Waals surface area contributed by atoms with Gasteiger partial charge in [0.05, 0.1) is 14.2 Å². The molecular weight excluding hydrogens is 262 g/mol. The number of amidine groups is 2. The number of amides is 1. The van der Waals surface area contributed by atoms with Gasteiger partial charge < -0.3 is 9.47 Å². The number of methoxy groups -OCH3 is 2. The number of rotatable bonds is 3. The average molecular weight is 271 g/mol. The molecule has 2 heterocycles. The molecule has 0 N–H and O–H groups in total. The highest BCUT2D eigenvalue weighted by Crippen LogP contribution is 2.30. The summed E-state index contributed by atoms with van der Waals surface area (Å²) in [4.78, 5) is 19.9. The van der Waals surface area contributed by atoms with Gasteiger partial charge in [0.1, 0.15) is 17.1 Å². The predicted molar refractivity (Wildman–Crippen MR) is 70.8 cm³/mol. The highest BCUT2D eigenvalue weighted by atomic mass is 16.5. The van der Waals surface area contributed by atoms with Crippen LogP contribution in [0.5, 0.6) is 11.5 Å². The summed E-state index contributed by atoms with van der Waals surface area (Å²) >= 11 is 0. The molecule has 1 aromatic carbocycles. The second kappa shape index (κ2) is 4.65. The zero-order valence-corrected chi connectivity index (χ0v) is 10.7. The highest BCUT2D eigenvalue weighted by molar-refractivity contribution is 6.69. The number of nitrogens with zero attached hydrogens (tertiary/aromatic N) is 5. The Labute approximate surface area is 113 Å². The first-order chi connectivity index (χ1) is 9.74. The number of fused-ring (bicyclic) bond motifs is 1. The second-order valence-electron chi connectivity index (χ2n) is 3.85. The van der Waals surface area contributed by atoms with Crippen molar-refractivity contribution in [1.82, 2.24) is 0 Å². The Hall–Kier alpha value is -2.90. The normalized spacial score (nSPS) is 16.3. The van der Waals surface area contributed by atoms with E-state index in [-0.39, 0.29) is 17.4 Å². The molecule has 0 bridgehead atoms. The number of carbonyl (C=O) groups is 1. The van der Waals surface area contributed by atoms with Crippen molar-refractivity contribution in [2.45, 2.75) is 0 Å². The Balaban J connectivity index is 2.17. The minimum Gasteiger partial charge on any atom is -0.496 e. The maximum Gasteiger partial charge on any atom is 0.303 e. The minimum absolute atomic E-state index is 0.0441. The van der Waals surface area contributed by atoms with E-state index in [0.29, 0.717) is 17.1 Å². The van der Waals surface area contributed by atoms with Crippen LogP contribution in [0.4, 0.5) is 0 Å². The van der Waals surface area contributed by atoms with Crippen LogP contribution in [0.2, 0.25) is 0 Å². The summed E-state index contributed by atoms with van der Waals surface area (Å²) in [7, 11) is 3.03. The van der Waals surface area contributed by atoms with Gasteiger partial charge in [-0.3, -0.25) is 4.79 Å². The second-order valence-corrected chi connectivity index (χ2v) is 3.85. The fourth-order valence-electron chi connectivity index (χ4n) is 1.87. The molecule has 8 heteroatoms. The average Bonchev–Trinajstić information content (AvgIpc) is 2.95. The number of ether oxygens (including phenoxy) is 2. The maximum atomic E-state index is 11.9. The molecule has 1 amide bonds. The van der Waals surface area contributed by atoms with Crippen LogP contribution in [0.15, 0.2) is 43.6 Å². The van der Waals surface area contributed by atoms with Gasteiger partial charge >= 0.3 is 5.91 Å². The molecule has 0 aliphatic carbocycles. The topological polar surface area (TPSA) is 97.3 Å². The molecule has 20 heavy (non-hydrogen) atoms. The van der Waals surface area contributed by atoms with Crippen molar-refractivity contribution in [2.75, 3.05) is 14.2 Å². The monoisotopic (exact) mass is 271 g/mol. The summed E-state index contributed by atoms with van der Waals surface area (Å²) < 4.78 is 10.5. The molecular formula is C12H9N5O3. The standard InChI is InChI=1S/C12H9N5O3/c1-19-6-4-3-5-7(20-2)8(6)10-13-11-9(12(18)14-10)15-17-16-11/h3-5H,1-2H3. The summed E-state index contributed by atoms with van der Waals surface area (Å²) in [5.74, 6) is 0.765. The van der Waals surface area contributed by atoms with Crippen molar-refractivity contribution in [3.63, 3.8) is 0 Å². The SMILES string of the molecule is COc1cccc(OC)c1C1=NC(=O)C2=NN=NC2=N1. The van der Waals surface area contributed by atoms with E-state index in [2.05, 4.69) is 25.4 Å². The smallest absolute Gasteiger partial charge is 0.303 e. The van der Waals surface area contributed by atoms with Crippen LogP contribution in [-0.4, -0.2) is 37.5 Å². The van der Waals surface area contributed by atoms with Gasteiger partial charge in [-0.2, -0.15) is 4.99 Å². The molecule has 3 rings (SSSR count). The van der Waals surface area contributed by atoms with Gasteiger partial charge in [-0.25, -0.2) is 4.99 Å². The van der Waals surface area contributed by atoms with Crippen molar-refractivity contribution in [1.29, 1.82) is 0 Å². The van der Waals surface area contributed by atoms with Crippen LogP contribution in [0.1, 0.15) is 5.56 Å². The molecule has 0 unspecified atom stereocenters. The fourth-order valence-corrected chi connectivity index (χ4v) is 1.87. The third-order valence-electron chi connectivity index (χ3n) is 2.77. The van der Waals surface area contributed by atoms with E-state index in [4.69, 9.17) is 9.47 Å². The largest absolute Gasteiger partial charge is 0.496 e. The summed E-state index contributed by atoms with van der Waals surface area (Å²) in [6.07, 6.45) is 0. The number of aliphatic imine (C=N–C) groups is 2. The maximum absolute atomic E-state index is 11.9. The van der Waals surface area contributed by atoms with Crippen molar-refractivity contribution < 1.29 is 14.3 Å². The van der Waals surface area contributed by atoms with Gasteiger partial charge in [-0.1, -0.05) is 6.07 Å². The Morgan fingerprint density at radius 3 is 2.35 bits per heavy atom. The lowest BCUT2D eigenvalue weighted by molar-refractivity contribution is -0.111. The number of benzene rings is 1. The lowest BCUT2D eigenvalue weighted by Gasteiger charge is -2.14. The molecule has 8 nitrogen and oxygen atoms in total. The van der Waals surface area contributed by atoms with Gasteiger partial charge in [0.25, 0.3) is 0 Å². The van der Waals surface area contributed by atoms with Crippen LogP contribution < -0.4 is 9.47 Å². The Kier molecular flexibility index (Phi) is 2.82. The van der Waals surface area contributed by atoms with Crippen LogP contribution in [0.3, 0.4) is 0 Å². The Bertz CT molecular complexity index is 696. The molecule has 0 saturated carbocycles. The first kappa shape index (κ1) is 12.2. The van der Waals surface area contributed by atoms with Crippen molar-refractivity contribution in [3.8, 4) is 11.5 Å². The molecule has 0 saturated heterocycles. The highest BCUT2D eigenvalue weighted by Gasteiger charge is 2.30. The Morgan fingerprint density at radius 1 is 1.00 bits per heavy atom. The minimum atomic E-state index is -0.539. The van der Waals surface area contributed by atoms with Crippen molar-refractivity contribution in [3.05, 3.63) is 23.8 Å². The van der Waals surface area contributed by atoms with E-state index in [1.165, 1.54) is 14.2 Å². The van der Waals surface area contributed by atoms with Gasteiger partial charge in [0.2, 0.25) is 11.5 Å². The van der Waals surface area contributed by atoms with Crippen LogP contribution in [0, 0.1) is 0 Å².